The Kier molecular flexibility index (Phi) is 6.47. The summed E-state index contributed by atoms with van der Waals surface area (Å²) in [6.45, 7) is 11.0. The Balaban J connectivity index is 2.96. The van der Waals surface area contributed by atoms with Crippen LogP contribution in [-0.4, -0.2) is 33.1 Å². The Morgan fingerprint density at radius 3 is 2.44 bits per heavy atom. The molecule has 104 valence electrons. The predicted molar refractivity (Wildman–Crippen MR) is 78.6 cm³/mol. The first-order valence-corrected chi connectivity index (χ1v) is 7.50. The summed E-state index contributed by atoms with van der Waals surface area (Å²) in [5.41, 5.74) is 2.10. The van der Waals surface area contributed by atoms with E-state index < -0.39 is 0 Å². The zero-order valence-corrected chi connectivity index (χ0v) is 13.2. The molecule has 0 aliphatic rings. The van der Waals surface area contributed by atoms with Crippen LogP contribution in [0.4, 0.5) is 0 Å². The average molecular weight is 292 g/mol. The number of hydrogen-bond donors (Lipinski definition) is 0. The van der Waals surface area contributed by atoms with Crippen molar-refractivity contribution in [1.82, 2.24) is 14.7 Å². The molecule has 0 N–H and O–H groups in total. The van der Waals surface area contributed by atoms with Crippen LogP contribution in [0.5, 0.6) is 0 Å². The third-order valence-corrected chi connectivity index (χ3v) is 3.75. The van der Waals surface area contributed by atoms with Crippen LogP contribution in [0, 0.1) is 0 Å². The summed E-state index contributed by atoms with van der Waals surface area (Å²) in [7, 11) is 0. The van der Waals surface area contributed by atoms with Gasteiger partial charge in [-0.05, 0) is 27.2 Å². The molecule has 1 rings (SSSR count). The van der Waals surface area contributed by atoms with Crippen molar-refractivity contribution in [2.45, 2.75) is 53.2 Å². The van der Waals surface area contributed by atoms with E-state index in [1.165, 1.54) is 0 Å². The molecule has 1 aromatic heterocycles. The van der Waals surface area contributed by atoms with Gasteiger partial charge in [-0.15, -0.1) is 11.6 Å². The molecule has 0 atom stereocenters. The van der Waals surface area contributed by atoms with Crippen molar-refractivity contribution >= 4 is 23.2 Å². The highest BCUT2D eigenvalue weighted by molar-refractivity contribution is 6.31. The molecule has 0 fully saturated rings. The molecule has 0 saturated carbocycles. The molecular weight excluding hydrogens is 269 g/mol. The lowest BCUT2D eigenvalue weighted by molar-refractivity contribution is 0.219. The molecule has 18 heavy (non-hydrogen) atoms. The number of halogens is 2. The first-order valence-electron chi connectivity index (χ1n) is 6.59. The number of hydrogen-bond acceptors (Lipinski definition) is 2. The molecule has 0 aliphatic carbocycles. The summed E-state index contributed by atoms with van der Waals surface area (Å²) >= 11 is 12.3. The van der Waals surface area contributed by atoms with Crippen molar-refractivity contribution in [2.75, 3.05) is 12.4 Å². The van der Waals surface area contributed by atoms with E-state index in [0.717, 1.165) is 42.5 Å². The van der Waals surface area contributed by atoms with Crippen molar-refractivity contribution in [1.29, 1.82) is 0 Å². The van der Waals surface area contributed by atoms with E-state index in [2.05, 4.69) is 37.7 Å². The maximum Gasteiger partial charge on any atom is 0.0863 e. The van der Waals surface area contributed by atoms with Crippen molar-refractivity contribution < 1.29 is 0 Å². The molecule has 0 amide bonds. The van der Waals surface area contributed by atoms with Crippen LogP contribution in [0.15, 0.2) is 0 Å². The van der Waals surface area contributed by atoms with Crippen molar-refractivity contribution in [3.8, 4) is 0 Å². The Morgan fingerprint density at radius 2 is 2.00 bits per heavy atom. The smallest absolute Gasteiger partial charge is 0.0863 e. The van der Waals surface area contributed by atoms with Gasteiger partial charge < -0.3 is 0 Å². The van der Waals surface area contributed by atoms with E-state index in [9.17, 15) is 0 Å². The summed E-state index contributed by atoms with van der Waals surface area (Å²) in [5, 5.41) is 5.36. The number of aryl methyl sites for hydroxylation is 2. The van der Waals surface area contributed by atoms with Gasteiger partial charge in [-0.3, -0.25) is 9.58 Å². The summed E-state index contributed by atoms with van der Waals surface area (Å²) in [5.74, 6) is 0.636. The van der Waals surface area contributed by atoms with Gasteiger partial charge in [-0.25, -0.2) is 0 Å². The van der Waals surface area contributed by atoms with Gasteiger partial charge in [0, 0.05) is 31.6 Å². The summed E-state index contributed by atoms with van der Waals surface area (Å²) < 4.78 is 2.00. The molecule has 5 heteroatoms. The molecule has 0 bridgehead atoms. The highest BCUT2D eigenvalue weighted by Crippen LogP contribution is 2.23. The minimum absolute atomic E-state index is 0.449. The SMILES string of the molecule is CCc1nn(CC)c(CN(CCCl)C(C)C)c1Cl. The highest BCUT2D eigenvalue weighted by Gasteiger charge is 2.18. The third-order valence-electron chi connectivity index (χ3n) is 3.15. The van der Waals surface area contributed by atoms with Gasteiger partial charge >= 0.3 is 0 Å². The van der Waals surface area contributed by atoms with Crippen LogP contribution in [-0.2, 0) is 19.5 Å². The topological polar surface area (TPSA) is 21.1 Å². The van der Waals surface area contributed by atoms with Crippen LogP contribution >= 0.6 is 23.2 Å². The minimum atomic E-state index is 0.449. The van der Waals surface area contributed by atoms with E-state index in [4.69, 9.17) is 23.2 Å². The summed E-state index contributed by atoms with van der Waals surface area (Å²) in [6.07, 6.45) is 0.871. The average Bonchev–Trinajstić information content (AvgIpc) is 2.65. The lowest BCUT2D eigenvalue weighted by atomic mass is 10.2. The highest BCUT2D eigenvalue weighted by atomic mass is 35.5. The number of alkyl halides is 1. The van der Waals surface area contributed by atoms with Gasteiger partial charge in [-0.2, -0.15) is 5.10 Å². The monoisotopic (exact) mass is 291 g/mol. The molecule has 0 spiro atoms. The predicted octanol–water partition coefficient (Wildman–Crippen LogP) is 3.57. The van der Waals surface area contributed by atoms with Crippen molar-refractivity contribution in [3.05, 3.63) is 16.4 Å². The molecule has 0 aliphatic heterocycles. The van der Waals surface area contributed by atoms with E-state index in [1.54, 1.807) is 0 Å². The van der Waals surface area contributed by atoms with E-state index in [-0.39, 0.29) is 0 Å². The van der Waals surface area contributed by atoms with Crippen LogP contribution < -0.4 is 0 Å². The minimum Gasteiger partial charge on any atom is -0.294 e. The molecule has 1 heterocycles. The fraction of sp³-hybridized carbons (Fsp3) is 0.769. The van der Waals surface area contributed by atoms with Gasteiger partial charge in [0.15, 0.2) is 0 Å². The van der Waals surface area contributed by atoms with Gasteiger partial charge in [0.25, 0.3) is 0 Å². The maximum absolute atomic E-state index is 6.41. The van der Waals surface area contributed by atoms with Crippen LogP contribution in [0.2, 0.25) is 5.02 Å². The Hall–Kier alpha value is -0.250. The summed E-state index contributed by atoms with van der Waals surface area (Å²) in [6, 6.07) is 0.449. The number of nitrogens with zero attached hydrogens (tertiary/aromatic N) is 3. The second-order valence-electron chi connectivity index (χ2n) is 4.63. The van der Waals surface area contributed by atoms with Gasteiger partial charge in [-0.1, -0.05) is 18.5 Å². The fourth-order valence-corrected chi connectivity index (χ4v) is 2.53. The first-order chi connectivity index (χ1) is 8.54. The standard InChI is InChI=1S/C13H23Cl2N3/c1-5-11-13(15)12(18(6-2)16-11)9-17(8-7-14)10(3)4/h10H,5-9H2,1-4H3. The van der Waals surface area contributed by atoms with E-state index >= 15 is 0 Å². The normalized spacial score (nSPS) is 11.8. The molecule has 1 aromatic rings. The van der Waals surface area contributed by atoms with Crippen molar-refractivity contribution in [3.63, 3.8) is 0 Å². The van der Waals surface area contributed by atoms with Gasteiger partial charge in [0.1, 0.15) is 0 Å². The number of rotatable bonds is 7. The Bertz CT molecular complexity index is 375. The summed E-state index contributed by atoms with van der Waals surface area (Å²) in [4.78, 5) is 2.32. The quantitative estimate of drug-likeness (QED) is 0.716. The van der Waals surface area contributed by atoms with E-state index in [0.29, 0.717) is 11.9 Å². The largest absolute Gasteiger partial charge is 0.294 e. The Labute approximate surface area is 120 Å². The second-order valence-corrected chi connectivity index (χ2v) is 5.39. The third kappa shape index (κ3) is 3.62. The lowest BCUT2D eigenvalue weighted by Gasteiger charge is -2.25. The first kappa shape index (κ1) is 15.8. The van der Waals surface area contributed by atoms with E-state index in [1.807, 2.05) is 4.68 Å². The van der Waals surface area contributed by atoms with Crippen LogP contribution in [0.1, 0.15) is 39.1 Å². The molecule has 3 nitrogen and oxygen atoms in total. The fourth-order valence-electron chi connectivity index (χ4n) is 1.99. The molecule has 0 aromatic carbocycles. The zero-order valence-electron chi connectivity index (χ0n) is 11.7. The number of aromatic nitrogens is 2. The van der Waals surface area contributed by atoms with Gasteiger partial charge in [0.2, 0.25) is 0 Å². The maximum atomic E-state index is 6.41. The Morgan fingerprint density at radius 1 is 1.33 bits per heavy atom. The zero-order chi connectivity index (χ0) is 13.7. The van der Waals surface area contributed by atoms with Crippen LogP contribution in [0.3, 0.4) is 0 Å². The molecular formula is C13H23Cl2N3. The van der Waals surface area contributed by atoms with Gasteiger partial charge in [0.05, 0.1) is 16.4 Å². The molecule has 0 unspecified atom stereocenters. The van der Waals surface area contributed by atoms with Crippen LogP contribution in [0.25, 0.3) is 0 Å². The second kappa shape index (κ2) is 7.37. The molecule has 0 radical (unpaired) electrons. The molecule has 0 saturated heterocycles. The van der Waals surface area contributed by atoms with Crippen molar-refractivity contribution in [2.24, 2.45) is 0 Å². The lowest BCUT2D eigenvalue weighted by Crippen LogP contribution is -2.33.